The quantitative estimate of drug-likeness (QED) is 0.272. The lowest BCUT2D eigenvalue weighted by atomic mass is 9.76. The van der Waals surface area contributed by atoms with Gasteiger partial charge in [0.25, 0.3) is 0 Å². The minimum Gasteiger partial charge on any atom is -0.394 e. The molecule has 0 saturated carbocycles. The first-order valence-electron chi connectivity index (χ1n) is 12.7. The lowest BCUT2D eigenvalue weighted by molar-refractivity contribution is -0.286. The zero-order valence-electron chi connectivity index (χ0n) is 22.7. The molecule has 0 aromatic heterocycles. The summed E-state index contributed by atoms with van der Waals surface area (Å²) in [6.45, 7) is 18.3. The molecule has 5 atom stereocenters. The molecule has 7 N–H and O–H groups in total. The maximum absolute atomic E-state index is 10.3. The molecule has 3 heterocycles. The largest absolute Gasteiger partial charge is 0.394 e. The number of likely N-dealkylation sites (tertiary alicyclic amines) is 2. The van der Waals surface area contributed by atoms with Crippen molar-refractivity contribution in [2.75, 3.05) is 13.3 Å². The van der Waals surface area contributed by atoms with Gasteiger partial charge in [-0.2, -0.15) is 0 Å². The first kappa shape index (κ1) is 30.8. The smallest absolute Gasteiger partial charge is 0.184 e. The Bertz CT molecular complexity index is 620. The van der Waals surface area contributed by atoms with Gasteiger partial charge in [0, 0.05) is 22.2 Å². The lowest BCUT2D eigenvalue weighted by Gasteiger charge is -2.61. The van der Waals surface area contributed by atoms with Crippen LogP contribution < -0.4 is 0 Å². The summed E-state index contributed by atoms with van der Waals surface area (Å²) >= 11 is 0. The summed E-state index contributed by atoms with van der Waals surface area (Å²) in [6.07, 6.45) is -4.23. The Labute approximate surface area is 210 Å². The van der Waals surface area contributed by atoms with Crippen molar-refractivity contribution >= 4 is 0 Å². The molecule has 0 radical (unpaired) electrons. The van der Waals surface area contributed by atoms with Crippen molar-refractivity contribution in [1.29, 1.82) is 0 Å². The summed E-state index contributed by atoms with van der Waals surface area (Å²) in [5.74, 6) is 0. The van der Waals surface area contributed by atoms with Gasteiger partial charge in [-0.15, -0.1) is 0 Å². The molecule has 5 unspecified atom stereocenters. The summed E-state index contributed by atoms with van der Waals surface area (Å²) in [6, 6.07) is 0. The van der Waals surface area contributed by atoms with Crippen LogP contribution in [0.25, 0.3) is 0 Å². The number of hydrogen-bond acceptors (Lipinski definition) is 10. The molecule has 0 aromatic rings. The van der Waals surface area contributed by atoms with Gasteiger partial charge >= 0.3 is 0 Å². The molecule has 3 fully saturated rings. The van der Waals surface area contributed by atoms with Gasteiger partial charge in [0.1, 0.15) is 24.4 Å². The van der Waals surface area contributed by atoms with E-state index >= 15 is 0 Å². The van der Waals surface area contributed by atoms with Crippen LogP contribution in [0, 0.1) is 0 Å². The third-order valence-electron chi connectivity index (χ3n) is 8.01. The Morgan fingerprint density at radius 2 is 0.943 bits per heavy atom. The topological polar surface area (TPSA) is 157 Å². The summed E-state index contributed by atoms with van der Waals surface area (Å²) in [5.41, 5.74) is -0.153. The molecule has 10 heteroatoms. The Morgan fingerprint density at radius 1 is 0.600 bits per heavy atom. The van der Waals surface area contributed by atoms with E-state index in [9.17, 15) is 10.2 Å². The molecule has 3 aliphatic heterocycles. The van der Waals surface area contributed by atoms with E-state index in [2.05, 4.69) is 69.9 Å². The standard InChI is InChI=1S/C19H38N2O2.C6H12O6/c1-16(2)9-14(22)10-17(3,4)20(16)13-21-18(5,6)11-15(23)12-19(21,7)8;7-1-2-3(8)4(9)5(10)6(11)12-2/h14-15,22-23H,9-13H2,1-8H3;2-11H,1H2. The second-order valence-electron chi connectivity index (χ2n) is 13.1. The monoisotopic (exact) mass is 506 g/mol. The van der Waals surface area contributed by atoms with Gasteiger partial charge in [-0.3, -0.25) is 9.80 Å². The van der Waals surface area contributed by atoms with Gasteiger partial charge in [-0.1, -0.05) is 0 Å². The van der Waals surface area contributed by atoms with Crippen LogP contribution in [-0.2, 0) is 4.74 Å². The van der Waals surface area contributed by atoms with E-state index in [4.69, 9.17) is 25.5 Å². The lowest BCUT2D eigenvalue weighted by Crippen LogP contribution is -2.70. The van der Waals surface area contributed by atoms with Crippen LogP contribution in [0.3, 0.4) is 0 Å². The van der Waals surface area contributed by atoms with Crippen LogP contribution in [0.15, 0.2) is 0 Å². The molecule has 35 heavy (non-hydrogen) atoms. The van der Waals surface area contributed by atoms with E-state index in [1.807, 2.05) is 0 Å². The highest BCUT2D eigenvalue weighted by Crippen LogP contribution is 2.43. The molecule has 3 saturated heterocycles. The fraction of sp³-hybridized carbons (Fsp3) is 1.00. The molecule has 10 nitrogen and oxygen atoms in total. The molecular weight excluding hydrogens is 456 g/mol. The van der Waals surface area contributed by atoms with Crippen molar-refractivity contribution in [3.05, 3.63) is 0 Å². The van der Waals surface area contributed by atoms with Crippen molar-refractivity contribution in [2.24, 2.45) is 0 Å². The normalized spacial score (nSPS) is 38.0. The van der Waals surface area contributed by atoms with E-state index in [-0.39, 0.29) is 34.4 Å². The first-order valence-corrected chi connectivity index (χ1v) is 12.7. The van der Waals surface area contributed by atoms with Crippen molar-refractivity contribution in [2.45, 2.75) is 146 Å². The van der Waals surface area contributed by atoms with E-state index in [0.717, 1.165) is 32.4 Å². The third kappa shape index (κ3) is 6.93. The predicted octanol–water partition coefficient (Wildman–Crippen LogP) is -0.250. The van der Waals surface area contributed by atoms with Gasteiger partial charge in [0.2, 0.25) is 0 Å². The number of aliphatic hydroxyl groups excluding tert-OH is 7. The van der Waals surface area contributed by atoms with Gasteiger partial charge in [0.15, 0.2) is 6.29 Å². The number of rotatable bonds is 3. The third-order valence-corrected chi connectivity index (χ3v) is 8.01. The molecule has 0 bridgehead atoms. The van der Waals surface area contributed by atoms with Crippen molar-refractivity contribution in [3.63, 3.8) is 0 Å². The summed E-state index contributed by atoms with van der Waals surface area (Å²) in [7, 11) is 0. The Morgan fingerprint density at radius 3 is 1.26 bits per heavy atom. The highest BCUT2D eigenvalue weighted by Gasteiger charge is 2.51. The predicted molar refractivity (Wildman–Crippen MR) is 131 cm³/mol. The van der Waals surface area contributed by atoms with Crippen molar-refractivity contribution in [3.8, 4) is 0 Å². The van der Waals surface area contributed by atoms with E-state index in [1.54, 1.807) is 0 Å². The first-order chi connectivity index (χ1) is 15.7. The van der Waals surface area contributed by atoms with Gasteiger partial charge < -0.3 is 40.5 Å². The van der Waals surface area contributed by atoms with Crippen molar-refractivity contribution < 1.29 is 40.5 Å². The zero-order valence-corrected chi connectivity index (χ0v) is 22.7. The number of ether oxygens (including phenoxy) is 1. The summed E-state index contributed by atoms with van der Waals surface area (Å²) in [5, 5.41) is 65.2. The van der Waals surface area contributed by atoms with E-state index < -0.39 is 37.3 Å². The number of aliphatic hydroxyl groups is 7. The maximum atomic E-state index is 10.3. The Kier molecular flexibility index (Phi) is 9.48. The molecule has 208 valence electrons. The van der Waals surface area contributed by atoms with Crippen LogP contribution in [0.4, 0.5) is 0 Å². The van der Waals surface area contributed by atoms with Crippen molar-refractivity contribution in [1.82, 2.24) is 9.80 Å². The highest BCUT2D eigenvalue weighted by atomic mass is 16.6. The summed E-state index contributed by atoms with van der Waals surface area (Å²) in [4.78, 5) is 5.13. The summed E-state index contributed by atoms with van der Waals surface area (Å²) < 4.78 is 4.58. The van der Waals surface area contributed by atoms with E-state index in [1.165, 1.54) is 0 Å². The average Bonchev–Trinajstić information content (AvgIpc) is 2.65. The molecule has 3 rings (SSSR count). The number of nitrogens with zero attached hydrogens (tertiary/aromatic N) is 2. The SMILES string of the molecule is CC1(C)CC(O)CC(C)(C)N1CN1C(C)(C)CC(O)CC1(C)C.OCC1OC(O)C(O)C(O)C1O. The molecule has 0 amide bonds. The minimum absolute atomic E-state index is 0.0383. The van der Waals surface area contributed by atoms with Gasteiger partial charge in [0.05, 0.1) is 25.5 Å². The van der Waals surface area contributed by atoms with Crippen LogP contribution in [0.5, 0.6) is 0 Å². The highest BCUT2D eigenvalue weighted by molar-refractivity contribution is 5.05. The van der Waals surface area contributed by atoms with Gasteiger partial charge in [-0.05, 0) is 81.1 Å². The minimum atomic E-state index is -1.57. The van der Waals surface area contributed by atoms with E-state index in [0.29, 0.717) is 0 Å². The fourth-order valence-corrected chi connectivity index (χ4v) is 6.52. The zero-order chi connectivity index (χ0) is 27.1. The average molecular weight is 507 g/mol. The molecular formula is C25H50N2O8. The Balaban J connectivity index is 0.000000303. The molecule has 0 aromatic carbocycles. The van der Waals surface area contributed by atoms with Crippen LogP contribution in [0.1, 0.15) is 81.1 Å². The molecule has 0 aliphatic carbocycles. The maximum Gasteiger partial charge on any atom is 0.184 e. The van der Waals surface area contributed by atoms with Crippen LogP contribution in [0.2, 0.25) is 0 Å². The fourth-order valence-electron chi connectivity index (χ4n) is 6.52. The van der Waals surface area contributed by atoms with Crippen LogP contribution >= 0.6 is 0 Å². The second kappa shape index (κ2) is 10.8. The Hall–Kier alpha value is -0.400. The van der Waals surface area contributed by atoms with Gasteiger partial charge in [-0.25, -0.2) is 0 Å². The molecule has 0 spiro atoms. The molecule has 3 aliphatic rings. The van der Waals surface area contributed by atoms with Crippen LogP contribution in [-0.4, -0.2) is 124 Å². The number of piperidine rings is 2. The number of hydrogen-bond donors (Lipinski definition) is 7. The second-order valence-corrected chi connectivity index (χ2v) is 13.1.